The van der Waals surface area contributed by atoms with Crippen molar-refractivity contribution in [1.82, 2.24) is 15.3 Å². The van der Waals surface area contributed by atoms with E-state index in [1.165, 1.54) is 5.56 Å². The van der Waals surface area contributed by atoms with Crippen LogP contribution in [0.15, 0.2) is 60.7 Å². The lowest BCUT2D eigenvalue weighted by Gasteiger charge is -2.09. The molecule has 1 amide bonds. The molecule has 0 unspecified atom stereocenters. The summed E-state index contributed by atoms with van der Waals surface area (Å²) in [5.41, 5.74) is 3.49. The van der Waals surface area contributed by atoms with Crippen LogP contribution < -0.4 is 15.4 Å². The molecule has 0 saturated carbocycles. The Balaban J connectivity index is 1.51. The number of amides is 1. The van der Waals surface area contributed by atoms with Gasteiger partial charge in [0, 0.05) is 18.8 Å². The van der Waals surface area contributed by atoms with E-state index in [1.54, 1.807) is 13.2 Å². The molecule has 1 aromatic heterocycles. The Morgan fingerprint density at radius 2 is 1.62 bits per heavy atom. The van der Waals surface area contributed by atoms with Gasteiger partial charge in [-0.15, -0.1) is 0 Å². The summed E-state index contributed by atoms with van der Waals surface area (Å²) >= 11 is 0. The van der Waals surface area contributed by atoms with Crippen molar-refractivity contribution in [2.75, 3.05) is 25.5 Å². The number of hydrogen-bond donors (Lipinski definition) is 2. The Morgan fingerprint density at radius 1 is 0.931 bits per heavy atom. The molecule has 0 spiro atoms. The lowest BCUT2D eigenvalue weighted by molar-refractivity contribution is 0.0949. The molecule has 6 heteroatoms. The number of hydrogen-bond acceptors (Lipinski definition) is 5. The van der Waals surface area contributed by atoms with Crippen molar-refractivity contribution < 1.29 is 9.53 Å². The van der Waals surface area contributed by atoms with E-state index in [2.05, 4.69) is 32.7 Å². The summed E-state index contributed by atoms with van der Waals surface area (Å²) in [4.78, 5) is 21.2. The van der Waals surface area contributed by atoms with Crippen molar-refractivity contribution in [1.29, 1.82) is 0 Å². The van der Waals surface area contributed by atoms with Crippen LogP contribution in [-0.4, -0.2) is 36.1 Å². The Bertz CT molecular complexity index is 927. The molecule has 2 N–H and O–H groups in total. The van der Waals surface area contributed by atoms with Crippen LogP contribution in [0.3, 0.4) is 0 Å². The van der Waals surface area contributed by atoms with Gasteiger partial charge in [0.2, 0.25) is 5.95 Å². The number of aryl methyl sites for hydroxylation is 1. The van der Waals surface area contributed by atoms with E-state index in [-0.39, 0.29) is 5.91 Å². The summed E-state index contributed by atoms with van der Waals surface area (Å²) in [7, 11) is 1.64. The van der Waals surface area contributed by atoms with Gasteiger partial charge in [-0.25, -0.2) is 9.97 Å². The van der Waals surface area contributed by atoms with Gasteiger partial charge in [-0.3, -0.25) is 4.79 Å². The third-order valence-corrected chi connectivity index (χ3v) is 4.48. The van der Waals surface area contributed by atoms with Crippen molar-refractivity contribution in [3.8, 4) is 5.75 Å². The molecule has 29 heavy (non-hydrogen) atoms. The number of benzene rings is 2. The second-order valence-corrected chi connectivity index (χ2v) is 6.73. The number of nitrogens with zero attached hydrogens (tertiary/aromatic N) is 2. The van der Waals surface area contributed by atoms with Gasteiger partial charge in [-0.05, 0) is 49.1 Å². The number of carbonyl (C=O) groups is 1. The smallest absolute Gasteiger partial charge is 0.270 e. The number of anilines is 1. The fourth-order valence-corrected chi connectivity index (χ4v) is 2.93. The highest BCUT2D eigenvalue weighted by atomic mass is 16.5. The molecule has 3 aromatic rings. The molecule has 0 radical (unpaired) electrons. The second-order valence-electron chi connectivity index (χ2n) is 6.73. The summed E-state index contributed by atoms with van der Waals surface area (Å²) in [6.07, 6.45) is 1.60. The summed E-state index contributed by atoms with van der Waals surface area (Å²) in [5.74, 6) is 1.10. The predicted molar refractivity (Wildman–Crippen MR) is 114 cm³/mol. The average molecular weight is 390 g/mol. The van der Waals surface area contributed by atoms with E-state index in [4.69, 9.17) is 4.74 Å². The first-order valence-electron chi connectivity index (χ1n) is 9.68. The molecule has 0 aliphatic heterocycles. The van der Waals surface area contributed by atoms with E-state index in [0.29, 0.717) is 24.7 Å². The highest BCUT2D eigenvalue weighted by molar-refractivity contribution is 5.92. The standard InChI is InChI=1S/C23H26N4O2/c1-17-16-21(22(28)24-14-12-19-8-10-20(29-2)11-9-19)27-23(26-17)25-15-13-18-6-4-3-5-7-18/h3-11,16H,12-15H2,1-2H3,(H,24,28)(H,25,26,27). The van der Waals surface area contributed by atoms with E-state index in [9.17, 15) is 4.79 Å². The van der Waals surface area contributed by atoms with Gasteiger partial charge in [0.1, 0.15) is 11.4 Å². The average Bonchev–Trinajstić information content (AvgIpc) is 2.74. The predicted octanol–water partition coefficient (Wildman–Crippen LogP) is 3.42. The van der Waals surface area contributed by atoms with Gasteiger partial charge >= 0.3 is 0 Å². The zero-order valence-corrected chi connectivity index (χ0v) is 16.8. The molecule has 0 fully saturated rings. The van der Waals surface area contributed by atoms with Crippen LogP contribution in [-0.2, 0) is 12.8 Å². The first kappa shape index (κ1) is 20.3. The van der Waals surface area contributed by atoms with E-state index in [0.717, 1.165) is 29.8 Å². The quantitative estimate of drug-likeness (QED) is 0.585. The summed E-state index contributed by atoms with van der Waals surface area (Å²) in [5, 5.41) is 6.13. The highest BCUT2D eigenvalue weighted by Gasteiger charge is 2.10. The minimum atomic E-state index is -0.199. The van der Waals surface area contributed by atoms with Crippen molar-refractivity contribution in [2.45, 2.75) is 19.8 Å². The third kappa shape index (κ3) is 6.31. The Hall–Kier alpha value is -3.41. The minimum Gasteiger partial charge on any atom is -0.497 e. The van der Waals surface area contributed by atoms with Gasteiger partial charge in [0.15, 0.2) is 0 Å². The zero-order valence-electron chi connectivity index (χ0n) is 16.8. The van der Waals surface area contributed by atoms with E-state index >= 15 is 0 Å². The van der Waals surface area contributed by atoms with Crippen LogP contribution in [0.2, 0.25) is 0 Å². The van der Waals surface area contributed by atoms with Crippen molar-refractivity contribution in [2.24, 2.45) is 0 Å². The van der Waals surface area contributed by atoms with Gasteiger partial charge in [-0.1, -0.05) is 42.5 Å². The molecule has 0 aliphatic rings. The Labute approximate surface area is 171 Å². The van der Waals surface area contributed by atoms with Gasteiger partial charge in [0.25, 0.3) is 5.91 Å². The van der Waals surface area contributed by atoms with Crippen molar-refractivity contribution in [3.05, 3.63) is 83.2 Å². The van der Waals surface area contributed by atoms with Crippen LogP contribution in [0, 0.1) is 6.92 Å². The SMILES string of the molecule is COc1ccc(CCNC(=O)c2cc(C)nc(NCCc3ccccc3)n2)cc1. The monoisotopic (exact) mass is 390 g/mol. The molecule has 0 saturated heterocycles. The summed E-state index contributed by atoms with van der Waals surface area (Å²) < 4.78 is 5.16. The Morgan fingerprint density at radius 3 is 2.34 bits per heavy atom. The molecule has 6 nitrogen and oxygen atoms in total. The molecular formula is C23H26N4O2. The molecule has 0 aliphatic carbocycles. The van der Waals surface area contributed by atoms with Gasteiger partial charge in [0.05, 0.1) is 7.11 Å². The first-order valence-corrected chi connectivity index (χ1v) is 9.68. The lowest BCUT2D eigenvalue weighted by atomic mass is 10.1. The van der Waals surface area contributed by atoms with Crippen LogP contribution in [0.1, 0.15) is 27.3 Å². The van der Waals surface area contributed by atoms with Crippen LogP contribution >= 0.6 is 0 Å². The number of methoxy groups -OCH3 is 1. The molecule has 3 rings (SSSR count). The summed E-state index contributed by atoms with van der Waals surface area (Å²) in [6.45, 7) is 3.09. The number of ether oxygens (including phenoxy) is 1. The lowest BCUT2D eigenvalue weighted by Crippen LogP contribution is -2.27. The number of nitrogens with one attached hydrogen (secondary N) is 2. The maximum absolute atomic E-state index is 12.5. The molecule has 0 bridgehead atoms. The van der Waals surface area contributed by atoms with Crippen LogP contribution in [0.25, 0.3) is 0 Å². The number of carbonyl (C=O) groups excluding carboxylic acids is 1. The largest absolute Gasteiger partial charge is 0.497 e. The first-order chi connectivity index (χ1) is 14.1. The van der Waals surface area contributed by atoms with Crippen LogP contribution in [0.5, 0.6) is 5.75 Å². The maximum Gasteiger partial charge on any atom is 0.270 e. The molecule has 2 aromatic carbocycles. The van der Waals surface area contributed by atoms with Crippen molar-refractivity contribution in [3.63, 3.8) is 0 Å². The third-order valence-electron chi connectivity index (χ3n) is 4.48. The van der Waals surface area contributed by atoms with E-state index < -0.39 is 0 Å². The molecule has 150 valence electrons. The number of rotatable bonds is 9. The number of aromatic nitrogens is 2. The van der Waals surface area contributed by atoms with Crippen molar-refractivity contribution >= 4 is 11.9 Å². The molecule has 1 heterocycles. The molecular weight excluding hydrogens is 364 g/mol. The van der Waals surface area contributed by atoms with E-state index in [1.807, 2.05) is 49.4 Å². The topological polar surface area (TPSA) is 76.1 Å². The minimum absolute atomic E-state index is 0.199. The fraction of sp³-hybridized carbons (Fsp3) is 0.261. The maximum atomic E-state index is 12.5. The normalized spacial score (nSPS) is 10.4. The fourth-order valence-electron chi connectivity index (χ4n) is 2.93. The zero-order chi connectivity index (χ0) is 20.5. The van der Waals surface area contributed by atoms with Gasteiger partial charge in [-0.2, -0.15) is 0 Å². The molecule has 0 atom stereocenters. The van der Waals surface area contributed by atoms with Crippen LogP contribution in [0.4, 0.5) is 5.95 Å². The highest BCUT2D eigenvalue weighted by Crippen LogP contribution is 2.11. The second kappa shape index (κ2) is 10.2. The van der Waals surface area contributed by atoms with Gasteiger partial charge < -0.3 is 15.4 Å². The Kier molecular flexibility index (Phi) is 7.16. The summed E-state index contributed by atoms with van der Waals surface area (Å²) in [6, 6.07) is 19.7.